The lowest BCUT2D eigenvalue weighted by Gasteiger charge is -2.07. The Labute approximate surface area is 115 Å². The molecule has 0 saturated carbocycles. The molecule has 2 nitrogen and oxygen atoms in total. The highest BCUT2D eigenvalue weighted by Gasteiger charge is 1.98. The molecule has 0 atom stereocenters. The van der Waals surface area contributed by atoms with Gasteiger partial charge >= 0.3 is 0 Å². The molecule has 0 aromatic heterocycles. The van der Waals surface area contributed by atoms with Gasteiger partial charge in [0.05, 0.1) is 0 Å². The molecule has 0 unspecified atom stereocenters. The molecule has 0 spiro atoms. The maximum Gasteiger partial charge on any atom is 0.150 e. The molecular weight excluding hydrogens is 292 g/mol. The van der Waals surface area contributed by atoms with Crippen molar-refractivity contribution >= 4 is 22.2 Å². The van der Waals surface area contributed by atoms with Crippen molar-refractivity contribution in [2.45, 2.75) is 11.9 Å². The molecule has 0 heterocycles. The van der Waals surface area contributed by atoms with E-state index < -0.39 is 0 Å². The lowest BCUT2D eigenvalue weighted by molar-refractivity contribution is 0.112. The number of ether oxygens (including phenoxy) is 1. The molecule has 0 aliphatic rings. The quantitative estimate of drug-likeness (QED) is 0.617. The minimum atomic E-state index is 0.503. The zero-order chi connectivity index (χ0) is 12.8. The van der Waals surface area contributed by atoms with Gasteiger partial charge in [0.1, 0.15) is 18.6 Å². The van der Waals surface area contributed by atoms with Crippen LogP contribution in [0.15, 0.2) is 48.5 Å². The molecule has 0 radical (unpaired) electrons. The molecule has 0 amide bonds. The van der Waals surface area contributed by atoms with Gasteiger partial charge in [-0.05, 0) is 23.3 Å². The Hall–Kier alpha value is -1.61. The molecule has 0 saturated heterocycles. The molecule has 0 aliphatic heterocycles. The fourth-order valence-electron chi connectivity index (χ4n) is 1.65. The fourth-order valence-corrected chi connectivity index (χ4v) is 2.00. The van der Waals surface area contributed by atoms with E-state index in [4.69, 9.17) is 4.74 Å². The Morgan fingerprint density at radius 2 is 1.83 bits per heavy atom. The largest absolute Gasteiger partial charge is 0.489 e. The van der Waals surface area contributed by atoms with E-state index in [1.54, 1.807) is 12.1 Å². The minimum absolute atomic E-state index is 0.503. The first-order valence-electron chi connectivity index (χ1n) is 5.63. The van der Waals surface area contributed by atoms with E-state index in [-0.39, 0.29) is 0 Å². The van der Waals surface area contributed by atoms with Crippen molar-refractivity contribution in [1.82, 2.24) is 0 Å². The lowest BCUT2D eigenvalue weighted by Crippen LogP contribution is -1.96. The van der Waals surface area contributed by atoms with Crippen LogP contribution in [0.25, 0.3) is 0 Å². The summed E-state index contributed by atoms with van der Waals surface area (Å²) in [6.45, 7) is 0.503. The van der Waals surface area contributed by atoms with E-state index >= 15 is 0 Å². The number of carbonyl (C=O) groups excluding carboxylic acids is 1. The molecule has 0 bridgehead atoms. The zero-order valence-electron chi connectivity index (χ0n) is 9.80. The maximum absolute atomic E-state index is 10.7. The predicted molar refractivity (Wildman–Crippen MR) is 75.2 cm³/mol. The van der Waals surface area contributed by atoms with Crippen LogP contribution < -0.4 is 4.74 Å². The molecule has 0 fully saturated rings. The summed E-state index contributed by atoms with van der Waals surface area (Å²) in [5.41, 5.74) is 2.96. The molecule has 3 heteroatoms. The molecule has 2 rings (SSSR count). The van der Waals surface area contributed by atoms with Gasteiger partial charge in [-0.2, -0.15) is 0 Å². The maximum atomic E-state index is 10.7. The fraction of sp³-hybridized carbons (Fsp3) is 0.133. The van der Waals surface area contributed by atoms with Gasteiger partial charge in [0.15, 0.2) is 0 Å². The number of hydrogen-bond donors (Lipinski definition) is 0. The van der Waals surface area contributed by atoms with E-state index in [1.807, 2.05) is 24.3 Å². The average Bonchev–Trinajstić information content (AvgIpc) is 2.45. The number of carbonyl (C=O) groups is 1. The van der Waals surface area contributed by atoms with E-state index in [0.29, 0.717) is 17.9 Å². The summed E-state index contributed by atoms with van der Waals surface area (Å²) < 4.78 is 5.66. The molecule has 18 heavy (non-hydrogen) atoms. The Bertz CT molecular complexity index is 538. The van der Waals surface area contributed by atoms with Crippen molar-refractivity contribution < 1.29 is 9.53 Å². The summed E-state index contributed by atoms with van der Waals surface area (Å²) >= 11 is 3.43. The van der Waals surface area contributed by atoms with E-state index in [0.717, 1.165) is 17.2 Å². The normalized spacial score (nSPS) is 10.1. The van der Waals surface area contributed by atoms with Crippen molar-refractivity contribution in [3.05, 3.63) is 65.2 Å². The van der Waals surface area contributed by atoms with Gasteiger partial charge in [-0.15, -0.1) is 0 Å². The van der Waals surface area contributed by atoms with Crippen LogP contribution in [0.3, 0.4) is 0 Å². The molecule has 92 valence electrons. The second kappa shape index (κ2) is 6.36. The average molecular weight is 305 g/mol. The number of alkyl halides is 1. The van der Waals surface area contributed by atoms with Gasteiger partial charge < -0.3 is 4.74 Å². The topological polar surface area (TPSA) is 26.3 Å². The summed E-state index contributed by atoms with van der Waals surface area (Å²) in [6, 6.07) is 15.3. The van der Waals surface area contributed by atoms with Crippen molar-refractivity contribution in [2.75, 3.05) is 0 Å². The van der Waals surface area contributed by atoms with Gasteiger partial charge in [-0.1, -0.05) is 52.3 Å². The van der Waals surface area contributed by atoms with Crippen molar-refractivity contribution in [3.8, 4) is 5.75 Å². The van der Waals surface area contributed by atoms with Crippen LogP contribution in [-0.4, -0.2) is 6.29 Å². The third-order valence-electron chi connectivity index (χ3n) is 2.55. The zero-order valence-corrected chi connectivity index (χ0v) is 11.4. The second-order valence-electron chi connectivity index (χ2n) is 3.93. The van der Waals surface area contributed by atoms with Crippen LogP contribution >= 0.6 is 15.9 Å². The van der Waals surface area contributed by atoms with Crippen molar-refractivity contribution in [2.24, 2.45) is 0 Å². The third kappa shape index (κ3) is 3.44. The number of aldehydes is 1. The highest BCUT2D eigenvalue weighted by molar-refractivity contribution is 9.08. The van der Waals surface area contributed by atoms with Gasteiger partial charge in [-0.3, -0.25) is 4.79 Å². The Morgan fingerprint density at radius 3 is 2.61 bits per heavy atom. The predicted octanol–water partition coefficient (Wildman–Crippen LogP) is 3.97. The SMILES string of the molecule is O=Cc1cccc(OCc2cccc(CBr)c2)c1. The molecular formula is C15H13BrO2. The third-order valence-corrected chi connectivity index (χ3v) is 3.19. The summed E-state index contributed by atoms with van der Waals surface area (Å²) in [6.07, 6.45) is 0.818. The van der Waals surface area contributed by atoms with Crippen molar-refractivity contribution in [3.63, 3.8) is 0 Å². The van der Waals surface area contributed by atoms with E-state index in [2.05, 4.69) is 28.1 Å². The van der Waals surface area contributed by atoms with Crippen LogP contribution in [0.4, 0.5) is 0 Å². The monoisotopic (exact) mass is 304 g/mol. The summed E-state index contributed by atoms with van der Waals surface area (Å²) in [5.74, 6) is 0.712. The van der Waals surface area contributed by atoms with Crippen LogP contribution in [0.5, 0.6) is 5.75 Å². The molecule has 2 aromatic carbocycles. The number of benzene rings is 2. The summed E-state index contributed by atoms with van der Waals surface area (Å²) in [7, 11) is 0. The highest BCUT2D eigenvalue weighted by Crippen LogP contribution is 2.15. The number of halogens is 1. The standard InChI is InChI=1S/C15H13BrO2/c16-9-12-3-1-5-14(7-12)11-18-15-6-2-4-13(8-15)10-17/h1-8,10H,9,11H2. The van der Waals surface area contributed by atoms with Gasteiger partial charge in [0, 0.05) is 10.9 Å². The lowest BCUT2D eigenvalue weighted by atomic mass is 10.1. The Kier molecular flexibility index (Phi) is 4.53. The van der Waals surface area contributed by atoms with Crippen LogP contribution in [-0.2, 0) is 11.9 Å². The van der Waals surface area contributed by atoms with Gasteiger partial charge in [0.2, 0.25) is 0 Å². The highest BCUT2D eigenvalue weighted by atomic mass is 79.9. The first kappa shape index (κ1) is 12.8. The summed E-state index contributed by atoms with van der Waals surface area (Å²) in [5, 5.41) is 0.835. The van der Waals surface area contributed by atoms with Gasteiger partial charge in [0.25, 0.3) is 0 Å². The number of rotatable bonds is 5. The van der Waals surface area contributed by atoms with Gasteiger partial charge in [-0.25, -0.2) is 0 Å². The smallest absolute Gasteiger partial charge is 0.150 e. The van der Waals surface area contributed by atoms with E-state index in [9.17, 15) is 4.79 Å². The van der Waals surface area contributed by atoms with Crippen LogP contribution in [0.2, 0.25) is 0 Å². The Morgan fingerprint density at radius 1 is 1.06 bits per heavy atom. The minimum Gasteiger partial charge on any atom is -0.489 e. The van der Waals surface area contributed by atoms with Crippen LogP contribution in [0.1, 0.15) is 21.5 Å². The first-order valence-corrected chi connectivity index (χ1v) is 6.76. The first-order chi connectivity index (χ1) is 8.81. The van der Waals surface area contributed by atoms with E-state index in [1.165, 1.54) is 5.56 Å². The second-order valence-corrected chi connectivity index (χ2v) is 4.49. The Balaban J connectivity index is 2.03. The molecule has 0 N–H and O–H groups in total. The van der Waals surface area contributed by atoms with Crippen molar-refractivity contribution in [1.29, 1.82) is 0 Å². The number of hydrogen-bond acceptors (Lipinski definition) is 2. The molecule has 2 aromatic rings. The molecule has 0 aliphatic carbocycles. The van der Waals surface area contributed by atoms with Crippen LogP contribution in [0, 0.1) is 0 Å². The summed E-state index contributed by atoms with van der Waals surface area (Å²) in [4.78, 5) is 10.7.